The highest BCUT2D eigenvalue weighted by Gasteiger charge is 2.19. The van der Waals surface area contributed by atoms with E-state index in [-0.39, 0.29) is 0 Å². The van der Waals surface area contributed by atoms with Crippen molar-refractivity contribution in [3.63, 3.8) is 0 Å². The predicted molar refractivity (Wildman–Crippen MR) is 108 cm³/mol. The summed E-state index contributed by atoms with van der Waals surface area (Å²) in [6.45, 7) is 8.33. The molecule has 4 heteroatoms. The minimum absolute atomic E-state index is 0.510. The van der Waals surface area contributed by atoms with Gasteiger partial charge >= 0.3 is 0 Å². The Labute approximate surface area is 161 Å². The molecule has 0 bridgehead atoms. The third-order valence-corrected chi connectivity index (χ3v) is 5.16. The van der Waals surface area contributed by atoms with Gasteiger partial charge < -0.3 is 4.74 Å². The molecule has 4 nitrogen and oxygen atoms in total. The van der Waals surface area contributed by atoms with Crippen molar-refractivity contribution < 1.29 is 4.74 Å². The van der Waals surface area contributed by atoms with E-state index in [9.17, 15) is 0 Å². The van der Waals surface area contributed by atoms with E-state index < -0.39 is 0 Å². The molecule has 0 saturated carbocycles. The summed E-state index contributed by atoms with van der Waals surface area (Å²) in [4.78, 5) is 2.53. The zero-order valence-corrected chi connectivity index (χ0v) is 16.1. The van der Waals surface area contributed by atoms with Gasteiger partial charge in [0.15, 0.2) is 0 Å². The van der Waals surface area contributed by atoms with Gasteiger partial charge in [-0.25, -0.2) is 0 Å². The molecule has 0 radical (unpaired) electrons. The third kappa shape index (κ3) is 4.22. The van der Waals surface area contributed by atoms with Gasteiger partial charge in [0.1, 0.15) is 12.4 Å². The first-order chi connectivity index (χ1) is 13.2. The predicted octanol–water partition coefficient (Wildman–Crippen LogP) is 5.02. The molecule has 1 N–H and O–H groups in total. The summed E-state index contributed by atoms with van der Waals surface area (Å²) in [6.07, 6.45) is 3.10. The molecule has 3 aromatic rings. The van der Waals surface area contributed by atoms with E-state index >= 15 is 0 Å². The summed E-state index contributed by atoms with van der Waals surface area (Å²) in [5, 5.41) is 7.29. The Kier molecular flexibility index (Phi) is 5.26. The maximum atomic E-state index is 6.09. The number of benzene rings is 2. The molecular formula is C23H27N3O. The summed E-state index contributed by atoms with van der Waals surface area (Å²) < 4.78 is 6.09. The maximum Gasteiger partial charge on any atom is 0.120 e. The Bertz CT molecular complexity index is 886. The van der Waals surface area contributed by atoms with Crippen molar-refractivity contribution in [2.24, 2.45) is 5.92 Å². The van der Waals surface area contributed by atoms with Gasteiger partial charge in [0.05, 0.1) is 11.9 Å². The second-order valence-corrected chi connectivity index (χ2v) is 7.75. The van der Waals surface area contributed by atoms with E-state index in [0.29, 0.717) is 6.61 Å². The number of aromatic nitrogens is 2. The minimum atomic E-state index is 0.510. The van der Waals surface area contributed by atoms with Crippen LogP contribution in [0.4, 0.5) is 0 Å². The molecule has 0 saturated heterocycles. The number of aromatic amines is 1. The van der Waals surface area contributed by atoms with Crippen LogP contribution in [-0.2, 0) is 19.7 Å². The minimum Gasteiger partial charge on any atom is -0.489 e. The topological polar surface area (TPSA) is 41.1 Å². The molecule has 0 aliphatic carbocycles. The SMILES string of the molecule is CC(C)CCN1Cc2ccc(OCc3cn[nH]c3-c3ccccc3)cc2C1. The molecule has 140 valence electrons. The fourth-order valence-corrected chi connectivity index (χ4v) is 3.57. The lowest BCUT2D eigenvalue weighted by molar-refractivity contribution is 0.265. The largest absolute Gasteiger partial charge is 0.489 e. The van der Waals surface area contributed by atoms with Crippen molar-refractivity contribution in [1.82, 2.24) is 15.1 Å². The Morgan fingerprint density at radius 2 is 1.89 bits per heavy atom. The summed E-state index contributed by atoms with van der Waals surface area (Å²) in [5.41, 5.74) is 6.05. The van der Waals surface area contributed by atoms with Crippen molar-refractivity contribution in [1.29, 1.82) is 0 Å². The summed E-state index contributed by atoms with van der Waals surface area (Å²) in [5.74, 6) is 1.68. The Balaban J connectivity index is 1.40. The second kappa shape index (κ2) is 7.97. The molecule has 4 rings (SSSR count). The van der Waals surface area contributed by atoms with Gasteiger partial charge in [-0.1, -0.05) is 50.2 Å². The summed E-state index contributed by atoms with van der Waals surface area (Å²) >= 11 is 0. The number of H-pyrrole nitrogens is 1. The highest BCUT2D eigenvalue weighted by molar-refractivity contribution is 5.62. The number of hydrogen-bond acceptors (Lipinski definition) is 3. The fraction of sp³-hybridized carbons (Fsp3) is 0.348. The van der Waals surface area contributed by atoms with Gasteiger partial charge in [-0.05, 0) is 47.7 Å². The first-order valence-corrected chi connectivity index (χ1v) is 9.73. The van der Waals surface area contributed by atoms with E-state index in [1.165, 1.54) is 17.5 Å². The Morgan fingerprint density at radius 1 is 1.07 bits per heavy atom. The van der Waals surface area contributed by atoms with Crippen molar-refractivity contribution in [3.05, 3.63) is 71.4 Å². The summed E-state index contributed by atoms with van der Waals surface area (Å²) in [7, 11) is 0. The monoisotopic (exact) mass is 361 g/mol. The van der Waals surface area contributed by atoms with Crippen LogP contribution in [-0.4, -0.2) is 21.6 Å². The van der Waals surface area contributed by atoms with Crippen LogP contribution in [0.5, 0.6) is 5.75 Å². The van der Waals surface area contributed by atoms with E-state index in [2.05, 4.69) is 59.3 Å². The number of rotatable bonds is 7. The van der Waals surface area contributed by atoms with Crippen LogP contribution in [0, 0.1) is 5.92 Å². The number of hydrogen-bond donors (Lipinski definition) is 1. The smallest absolute Gasteiger partial charge is 0.120 e. The lowest BCUT2D eigenvalue weighted by atomic mass is 10.1. The second-order valence-electron chi connectivity index (χ2n) is 7.75. The van der Waals surface area contributed by atoms with Crippen molar-refractivity contribution in [3.8, 4) is 17.0 Å². The molecule has 27 heavy (non-hydrogen) atoms. The van der Waals surface area contributed by atoms with E-state index in [4.69, 9.17) is 4.74 Å². The molecule has 0 unspecified atom stereocenters. The van der Waals surface area contributed by atoms with Gasteiger partial charge in [0.2, 0.25) is 0 Å². The third-order valence-electron chi connectivity index (χ3n) is 5.16. The molecule has 0 atom stereocenters. The van der Waals surface area contributed by atoms with Gasteiger partial charge in [0.25, 0.3) is 0 Å². The summed E-state index contributed by atoms with van der Waals surface area (Å²) in [6, 6.07) is 16.8. The normalized spacial score (nSPS) is 13.9. The quantitative estimate of drug-likeness (QED) is 0.642. The average Bonchev–Trinajstić information content (AvgIpc) is 3.31. The van der Waals surface area contributed by atoms with Gasteiger partial charge in [-0.15, -0.1) is 0 Å². The molecule has 1 aliphatic heterocycles. The van der Waals surface area contributed by atoms with E-state index in [1.54, 1.807) is 0 Å². The molecule has 0 spiro atoms. The van der Waals surface area contributed by atoms with Gasteiger partial charge in [-0.3, -0.25) is 10.00 Å². The Hall–Kier alpha value is -2.59. The van der Waals surface area contributed by atoms with Crippen molar-refractivity contribution >= 4 is 0 Å². The molecule has 2 aromatic carbocycles. The number of nitrogens with one attached hydrogen (secondary N) is 1. The molecule has 1 aliphatic rings. The van der Waals surface area contributed by atoms with Crippen molar-refractivity contribution in [2.45, 2.75) is 40.0 Å². The lowest BCUT2D eigenvalue weighted by Gasteiger charge is -2.15. The van der Waals surface area contributed by atoms with Crippen LogP contribution in [0.15, 0.2) is 54.7 Å². The molecule has 0 fully saturated rings. The lowest BCUT2D eigenvalue weighted by Crippen LogP contribution is -2.18. The van der Waals surface area contributed by atoms with Crippen LogP contribution in [0.3, 0.4) is 0 Å². The highest BCUT2D eigenvalue weighted by atomic mass is 16.5. The fourth-order valence-electron chi connectivity index (χ4n) is 3.57. The van der Waals surface area contributed by atoms with Crippen LogP contribution in [0.25, 0.3) is 11.3 Å². The maximum absolute atomic E-state index is 6.09. The highest BCUT2D eigenvalue weighted by Crippen LogP contribution is 2.28. The number of fused-ring (bicyclic) bond motifs is 1. The van der Waals surface area contributed by atoms with Crippen molar-refractivity contribution in [2.75, 3.05) is 6.54 Å². The van der Waals surface area contributed by atoms with E-state index in [1.807, 2.05) is 24.4 Å². The van der Waals surface area contributed by atoms with Gasteiger partial charge in [-0.2, -0.15) is 5.10 Å². The van der Waals surface area contributed by atoms with E-state index in [0.717, 1.165) is 48.1 Å². The zero-order valence-electron chi connectivity index (χ0n) is 16.1. The average molecular weight is 361 g/mol. The first-order valence-electron chi connectivity index (χ1n) is 9.73. The Morgan fingerprint density at radius 3 is 2.70 bits per heavy atom. The molecular weight excluding hydrogens is 334 g/mol. The van der Waals surface area contributed by atoms with Crippen LogP contribution in [0.2, 0.25) is 0 Å². The first kappa shape index (κ1) is 17.8. The number of ether oxygens (including phenoxy) is 1. The molecule has 0 amide bonds. The number of nitrogens with zero attached hydrogens (tertiary/aromatic N) is 2. The van der Waals surface area contributed by atoms with Crippen LogP contribution >= 0.6 is 0 Å². The zero-order chi connectivity index (χ0) is 18.6. The molecule has 1 aromatic heterocycles. The molecule has 2 heterocycles. The van der Waals surface area contributed by atoms with Gasteiger partial charge in [0, 0.05) is 18.7 Å². The van der Waals surface area contributed by atoms with Crippen LogP contribution < -0.4 is 4.74 Å². The van der Waals surface area contributed by atoms with Crippen LogP contribution in [0.1, 0.15) is 37.0 Å². The standard InChI is InChI=1S/C23H27N3O/c1-17(2)10-11-26-14-19-8-9-22(12-20(19)15-26)27-16-21-13-24-25-23(21)18-6-4-3-5-7-18/h3-9,12-13,17H,10-11,14-16H2,1-2H3,(H,24,25).